The molecule has 0 saturated carbocycles. The highest BCUT2D eigenvalue weighted by Gasteiger charge is 2.12. The SMILES string of the molecule is CC1=C(Cc2ccccc2)[PH](=O)C=C1. The summed E-state index contributed by atoms with van der Waals surface area (Å²) in [5.41, 5.74) is 2.42. The van der Waals surface area contributed by atoms with E-state index in [2.05, 4.69) is 12.1 Å². The molecule has 1 aromatic rings. The zero-order valence-electron chi connectivity index (χ0n) is 8.16. The molecular weight excluding hydrogens is 191 g/mol. The Morgan fingerprint density at radius 1 is 1.21 bits per heavy atom. The molecule has 0 radical (unpaired) electrons. The molecule has 14 heavy (non-hydrogen) atoms. The van der Waals surface area contributed by atoms with Gasteiger partial charge in [-0.2, -0.15) is 0 Å². The Bertz CT molecular complexity index is 415. The lowest BCUT2D eigenvalue weighted by Gasteiger charge is -2.03. The smallest absolute Gasteiger partial charge is 0.121 e. The monoisotopic (exact) mass is 204 g/mol. The van der Waals surface area contributed by atoms with Crippen LogP contribution in [0.1, 0.15) is 12.5 Å². The van der Waals surface area contributed by atoms with Gasteiger partial charge in [0.1, 0.15) is 7.80 Å². The summed E-state index contributed by atoms with van der Waals surface area (Å²) >= 11 is 0. The van der Waals surface area contributed by atoms with E-state index in [1.807, 2.05) is 37.0 Å². The van der Waals surface area contributed by atoms with E-state index in [-0.39, 0.29) is 0 Å². The van der Waals surface area contributed by atoms with Crippen LogP contribution in [-0.4, -0.2) is 0 Å². The van der Waals surface area contributed by atoms with Gasteiger partial charge in [0.2, 0.25) is 0 Å². The van der Waals surface area contributed by atoms with E-state index < -0.39 is 7.80 Å². The number of hydrogen-bond acceptors (Lipinski definition) is 1. The zero-order valence-corrected chi connectivity index (χ0v) is 9.16. The van der Waals surface area contributed by atoms with E-state index in [1.165, 1.54) is 11.1 Å². The number of hydrogen-bond donors (Lipinski definition) is 0. The van der Waals surface area contributed by atoms with Crippen LogP contribution in [0.5, 0.6) is 0 Å². The average Bonchev–Trinajstić information content (AvgIpc) is 2.51. The lowest BCUT2D eigenvalue weighted by Crippen LogP contribution is -1.86. The van der Waals surface area contributed by atoms with E-state index in [4.69, 9.17) is 0 Å². The molecule has 72 valence electrons. The Balaban J connectivity index is 2.21. The van der Waals surface area contributed by atoms with Gasteiger partial charge in [-0.05, 0) is 29.2 Å². The Kier molecular flexibility index (Phi) is 2.69. The summed E-state index contributed by atoms with van der Waals surface area (Å²) in [6.07, 6.45) is 2.80. The fourth-order valence-electron chi connectivity index (χ4n) is 1.62. The van der Waals surface area contributed by atoms with Crippen molar-refractivity contribution in [2.45, 2.75) is 13.3 Å². The molecular formula is C12H13OP. The summed E-state index contributed by atoms with van der Waals surface area (Å²) in [5, 5.41) is 1.11. The van der Waals surface area contributed by atoms with Crippen molar-refractivity contribution < 1.29 is 4.57 Å². The Morgan fingerprint density at radius 3 is 2.50 bits per heavy atom. The van der Waals surface area contributed by atoms with Crippen LogP contribution in [0.3, 0.4) is 0 Å². The highest BCUT2D eigenvalue weighted by Crippen LogP contribution is 2.43. The minimum absolute atomic E-state index is 0.831. The van der Waals surface area contributed by atoms with Crippen LogP contribution in [0.4, 0.5) is 0 Å². The van der Waals surface area contributed by atoms with Gasteiger partial charge in [0, 0.05) is 6.42 Å². The molecule has 0 aromatic heterocycles. The largest absolute Gasteiger partial charge is 0.318 e. The van der Waals surface area contributed by atoms with Gasteiger partial charge in [0.25, 0.3) is 0 Å². The van der Waals surface area contributed by atoms with Crippen LogP contribution in [0.25, 0.3) is 0 Å². The molecule has 1 atom stereocenters. The van der Waals surface area contributed by atoms with Gasteiger partial charge in [-0.1, -0.05) is 36.4 Å². The second kappa shape index (κ2) is 3.98. The summed E-state index contributed by atoms with van der Waals surface area (Å²) in [4.78, 5) is 0. The molecule has 2 rings (SSSR count). The maximum atomic E-state index is 11.6. The topological polar surface area (TPSA) is 17.1 Å². The molecule has 0 bridgehead atoms. The second-order valence-corrected chi connectivity index (χ2v) is 5.19. The van der Waals surface area contributed by atoms with Crippen LogP contribution in [-0.2, 0) is 11.0 Å². The molecule has 0 N–H and O–H groups in total. The molecule has 0 saturated heterocycles. The molecule has 0 aliphatic carbocycles. The van der Waals surface area contributed by atoms with E-state index in [0.717, 1.165) is 11.7 Å². The number of benzene rings is 1. The third-order valence-corrected chi connectivity index (χ3v) is 4.12. The zero-order chi connectivity index (χ0) is 9.97. The Hall–Kier alpha value is -1.07. The van der Waals surface area contributed by atoms with E-state index >= 15 is 0 Å². The molecule has 0 fully saturated rings. The predicted molar refractivity (Wildman–Crippen MR) is 61.0 cm³/mol. The third kappa shape index (κ3) is 1.88. The van der Waals surface area contributed by atoms with Gasteiger partial charge < -0.3 is 4.57 Å². The minimum Gasteiger partial charge on any atom is -0.318 e. The van der Waals surface area contributed by atoms with E-state index in [1.54, 1.807) is 0 Å². The molecule has 1 aromatic carbocycles. The second-order valence-electron chi connectivity index (χ2n) is 3.52. The van der Waals surface area contributed by atoms with Gasteiger partial charge in [0.05, 0.1) is 0 Å². The van der Waals surface area contributed by atoms with Gasteiger partial charge >= 0.3 is 0 Å². The van der Waals surface area contributed by atoms with Crippen LogP contribution < -0.4 is 0 Å². The molecule has 1 unspecified atom stereocenters. The van der Waals surface area contributed by atoms with Crippen molar-refractivity contribution in [2.24, 2.45) is 0 Å². The molecule has 2 heteroatoms. The maximum absolute atomic E-state index is 11.6. The van der Waals surface area contributed by atoms with Crippen molar-refractivity contribution in [1.29, 1.82) is 0 Å². The predicted octanol–water partition coefficient (Wildman–Crippen LogP) is 3.59. The summed E-state index contributed by atoms with van der Waals surface area (Å²) in [5.74, 6) is 1.83. The van der Waals surface area contributed by atoms with Crippen molar-refractivity contribution in [3.05, 3.63) is 58.7 Å². The van der Waals surface area contributed by atoms with Gasteiger partial charge in [0.15, 0.2) is 0 Å². The van der Waals surface area contributed by atoms with E-state index in [9.17, 15) is 4.57 Å². The Morgan fingerprint density at radius 2 is 1.93 bits per heavy atom. The summed E-state index contributed by atoms with van der Waals surface area (Å²) in [7, 11) is -1.59. The number of allylic oxidation sites excluding steroid dienone is 3. The molecule has 0 spiro atoms. The standard InChI is InChI=1S/C12H13OP/c1-10-7-8-14(13)12(10)9-11-5-3-2-4-6-11/h2-8,14H,9H2,1H3. The van der Waals surface area contributed by atoms with Crippen molar-refractivity contribution in [2.75, 3.05) is 0 Å². The summed E-state index contributed by atoms with van der Waals surface area (Å²) in [6, 6.07) is 10.2. The van der Waals surface area contributed by atoms with Crippen molar-refractivity contribution >= 4 is 7.80 Å². The van der Waals surface area contributed by atoms with Gasteiger partial charge in [-0.15, -0.1) is 0 Å². The molecule has 1 nitrogen and oxygen atoms in total. The fourth-order valence-corrected chi connectivity index (χ4v) is 3.08. The lowest BCUT2D eigenvalue weighted by atomic mass is 10.1. The van der Waals surface area contributed by atoms with Crippen LogP contribution in [0.2, 0.25) is 0 Å². The highest BCUT2D eigenvalue weighted by molar-refractivity contribution is 7.53. The first-order valence-corrected chi connectivity index (χ1v) is 6.22. The maximum Gasteiger partial charge on any atom is 0.121 e. The summed E-state index contributed by atoms with van der Waals surface area (Å²) < 4.78 is 11.6. The van der Waals surface area contributed by atoms with E-state index in [0.29, 0.717) is 0 Å². The minimum atomic E-state index is -1.59. The van der Waals surface area contributed by atoms with Crippen molar-refractivity contribution in [1.82, 2.24) is 0 Å². The van der Waals surface area contributed by atoms with Gasteiger partial charge in [-0.3, -0.25) is 0 Å². The summed E-state index contributed by atoms with van der Waals surface area (Å²) in [6.45, 7) is 2.03. The lowest BCUT2D eigenvalue weighted by molar-refractivity contribution is 0.595. The highest BCUT2D eigenvalue weighted by atomic mass is 31.1. The average molecular weight is 204 g/mol. The molecule has 1 heterocycles. The molecule has 1 aliphatic heterocycles. The van der Waals surface area contributed by atoms with Gasteiger partial charge in [-0.25, -0.2) is 0 Å². The van der Waals surface area contributed by atoms with Crippen LogP contribution >= 0.6 is 7.80 Å². The van der Waals surface area contributed by atoms with Crippen LogP contribution in [0, 0.1) is 0 Å². The van der Waals surface area contributed by atoms with Crippen molar-refractivity contribution in [3.63, 3.8) is 0 Å². The van der Waals surface area contributed by atoms with Crippen molar-refractivity contribution in [3.8, 4) is 0 Å². The first-order chi connectivity index (χ1) is 6.77. The Labute approximate surface area is 84.9 Å². The molecule has 0 amide bonds. The normalized spacial score (nSPS) is 20.5. The quantitative estimate of drug-likeness (QED) is 0.673. The first kappa shape index (κ1) is 9.48. The third-order valence-electron chi connectivity index (χ3n) is 2.48. The first-order valence-electron chi connectivity index (χ1n) is 4.73. The van der Waals surface area contributed by atoms with Crippen LogP contribution in [0.15, 0.2) is 53.1 Å². The molecule has 1 aliphatic rings. The fraction of sp³-hybridized carbons (Fsp3) is 0.167. The number of rotatable bonds is 2.